The van der Waals surface area contributed by atoms with Crippen molar-refractivity contribution in [3.63, 3.8) is 0 Å². The summed E-state index contributed by atoms with van der Waals surface area (Å²) in [5.41, 5.74) is -0.596. The zero-order chi connectivity index (χ0) is 17.4. The topological polar surface area (TPSA) is 129 Å². The predicted octanol–water partition coefficient (Wildman–Crippen LogP) is -1.000. The summed E-state index contributed by atoms with van der Waals surface area (Å²) < 4.78 is 12.3. The molecule has 0 amide bonds. The molecule has 1 fully saturated rings. The van der Waals surface area contributed by atoms with Gasteiger partial charge in [0.1, 0.15) is 0 Å². The van der Waals surface area contributed by atoms with E-state index in [-0.39, 0.29) is 12.1 Å². The maximum absolute atomic E-state index is 12.2. The molecule has 132 valence electrons. The second-order valence-electron chi connectivity index (χ2n) is 5.69. The SMILES string of the molecule is CCO[C@H]1C[C@@H]2C(=[N+]([O-])O1)[C@@H](CO)O[C@H]2n1cc(C)c(=O)[nH]c1=O. The van der Waals surface area contributed by atoms with Gasteiger partial charge in [-0.15, -0.1) is 0 Å². The molecule has 0 spiro atoms. The maximum Gasteiger partial charge on any atom is 0.330 e. The third-order valence-corrected chi connectivity index (χ3v) is 4.17. The molecule has 4 atom stereocenters. The normalized spacial score (nSPS) is 29.5. The van der Waals surface area contributed by atoms with E-state index in [0.717, 1.165) is 0 Å². The van der Waals surface area contributed by atoms with Gasteiger partial charge in [0, 0.05) is 29.7 Å². The van der Waals surface area contributed by atoms with Gasteiger partial charge in [-0.2, -0.15) is 0 Å². The van der Waals surface area contributed by atoms with Crippen molar-refractivity contribution in [2.45, 2.75) is 38.9 Å². The highest BCUT2D eigenvalue weighted by atomic mass is 16.9. The van der Waals surface area contributed by atoms with Crippen molar-refractivity contribution in [3.05, 3.63) is 37.8 Å². The molecule has 2 aliphatic heterocycles. The number of H-pyrrole nitrogens is 1. The molecule has 0 saturated carbocycles. The molecule has 2 aliphatic rings. The quantitative estimate of drug-likeness (QED) is 0.672. The van der Waals surface area contributed by atoms with E-state index in [2.05, 4.69) is 4.98 Å². The molecular formula is C14H19N3O7. The Hall–Kier alpha value is -2.17. The first kappa shape index (κ1) is 16.7. The minimum atomic E-state index is -0.890. The summed E-state index contributed by atoms with van der Waals surface area (Å²) in [6.07, 6.45) is -0.843. The van der Waals surface area contributed by atoms with Crippen LogP contribution in [0.3, 0.4) is 0 Å². The third-order valence-electron chi connectivity index (χ3n) is 4.17. The van der Waals surface area contributed by atoms with Crippen LogP contribution in [-0.2, 0) is 14.3 Å². The molecule has 0 unspecified atom stereocenters. The van der Waals surface area contributed by atoms with Crippen molar-refractivity contribution < 1.29 is 24.3 Å². The first-order valence-electron chi connectivity index (χ1n) is 7.67. The summed E-state index contributed by atoms with van der Waals surface area (Å²) in [6.45, 7) is 3.26. The van der Waals surface area contributed by atoms with Crippen molar-refractivity contribution in [2.75, 3.05) is 13.2 Å². The molecule has 1 aromatic heterocycles. The van der Waals surface area contributed by atoms with Crippen LogP contribution in [0.4, 0.5) is 0 Å². The first-order chi connectivity index (χ1) is 11.5. The lowest BCUT2D eigenvalue weighted by Gasteiger charge is -2.29. The Morgan fingerprint density at radius 3 is 2.96 bits per heavy atom. The summed E-state index contributed by atoms with van der Waals surface area (Å²) in [5.74, 6) is -0.520. The molecule has 24 heavy (non-hydrogen) atoms. The van der Waals surface area contributed by atoms with Crippen LogP contribution in [0.2, 0.25) is 0 Å². The van der Waals surface area contributed by atoms with Crippen molar-refractivity contribution in [1.82, 2.24) is 9.55 Å². The second kappa shape index (κ2) is 6.38. The predicted molar refractivity (Wildman–Crippen MR) is 80.3 cm³/mol. The van der Waals surface area contributed by atoms with Crippen molar-refractivity contribution in [1.29, 1.82) is 0 Å². The van der Waals surface area contributed by atoms with Crippen molar-refractivity contribution >= 4 is 5.71 Å². The molecule has 0 radical (unpaired) electrons. The molecule has 3 rings (SSSR count). The fraction of sp³-hybridized carbons (Fsp3) is 0.643. The lowest BCUT2D eigenvalue weighted by Crippen LogP contribution is -2.43. The van der Waals surface area contributed by atoms with Gasteiger partial charge in [-0.1, -0.05) is 0 Å². The Labute approximate surface area is 136 Å². The van der Waals surface area contributed by atoms with Crippen LogP contribution in [0.25, 0.3) is 0 Å². The summed E-state index contributed by atoms with van der Waals surface area (Å²) in [4.78, 5) is 31.3. The highest BCUT2D eigenvalue weighted by molar-refractivity contribution is 5.88. The minimum absolute atomic E-state index is 0.203. The monoisotopic (exact) mass is 341 g/mol. The van der Waals surface area contributed by atoms with Gasteiger partial charge in [-0.25, -0.2) is 4.79 Å². The van der Waals surface area contributed by atoms with Gasteiger partial charge in [0.2, 0.25) is 0 Å². The van der Waals surface area contributed by atoms with Crippen LogP contribution in [0, 0.1) is 18.0 Å². The van der Waals surface area contributed by atoms with E-state index in [1.165, 1.54) is 10.8 Å². The number of hydrogen-bond donors (Lipinski definition) is 2. The summed E-state index contributed by atoms with van der Waals surface area (Å²) in [6, 6.07) is 0. The number of aliphatic hydroxyl groups is 1. The number of nitrogens with one attached hydrogen (secondary N) is 1. The average Bonchev–Trinajstić information content (AvgIpc) is 2.90. The molecule has 2 N–H and O–H groups in total. The van der Waals surface area contributed by atoms with Crippen LogP contribution in [-0.4, -0.2) is 50.9 Å². The van der Waals surface area contributed by atoms with Gasteiger partial charge in [-0.3, -0.25) is 19.6 Å². The summed E-state index contributed by atoms with van der Waals surface area (Å²) >= 11 is 0. The largest absolute Gasteiger partial charge is 0.393 e. The Morgan fingerprint density at radius 1 is 1.54 bits per heavy atom. The van der Waals surface area contributed by atoms with Gasteiger partial charge >= 0.3 is 5.69 Å². The zero-order valence-electron chi connectivity index (χ0n) is 13.3. The summed E-state index contributed by atoms with van der Waals surface area (Å²) in [5, 5.41) is 21.6. The van der Waals surface area contributed by atoms with E-state index in [0.29, 0.717) is 17.1 Å². The van der Waals surface area contributed by atoms with Gasteiger partial charge in [0.05, 0.1) is 12.5 Å². The Kier molecular flexibility index (Phi) is 4.43. The number of fused-ring (bicyclic) bond motifs is 1. The average molecular weight is 341 g/mol. The Balaban J connectivity index is 2.04. The van der Waals surface area contributed by atoms with E-state index in [1.54, 1.807) is 13.8 Å². The second-order valence-corrected chi connectivity index (χ2v) is 5.69. The van der Waals surface area contributed by atoms with E-state index in [9.17, 15) is 19.9 Å². The van der Waals surface area contributed by atoms with Crippen LogP contribution < -0.4 is 11.2 Å². The molecule has 0 aliphatic carbocycles. The molecule has 1 aromatic rings. The number of aromatic amines is 1. The Bertz CT molecular complexity index is 768. The molecule has 10 nitrogen and oxygen atoms in total. The Morgan fingerprint density at radius 2 is 2.29 bits per heavy atom. The lowest BCUT2D eigenvalue weighted by molar-refractivity contribution is -0.773. The standard InChI is InChI=1S/C14H19N3O7/c1-3-22-10-4-8-11(17(21)24-10)9(6-18)23-13(8)16-5-7(2)12(19)15-14(16)20/h5,8-10,13,18H,3-4,6H2,1-2H3,(H,15,19,20)/t8-,9-,10-,13-/m1/s1. The molecule has 10 heteroatoms. The van der Waals surface area contributed by atoms with Gasteiger partial charge < -0.3 is 19.4 Å². The smallest absolute Gasteiger partial charge is 0.330 e. The number of ether oxygens (including phenoxy) is 2. The number of rotatable bonds is 4. The van der Waals surface area contributed by atoms with Gasteiger partial charge in [-0.05, 0) is 13.8 Å². The molecular weight excluding hydrogens is 322 g/mol. The number of hydrogen-bond acceptors (Lipinski definition) is 7. The van der Waals surface area contributed by atoms with Gasteiger partial charge in [0.15, 0.2) is 18.6 Å². The van der Waals surface area contributed by atoms with Crippen LogP contribution >= 0.6 is 0 Å². The van der Waals surface area contributed by atoms with E-state index < -0.39 is 42.4 Å². The number of nitrogens with zero attached hydrogens (tertiary/aromatic N) is 2. The molecule has 0 aromatic carbocycles. The highest BCUT2D eigenvalue weighted by Crippen LogP contribution is 2.37. The first-order valence-corrected chi connectivity index (χ1v) is 7.67. The van der Waals surface area contributed by atoms with Crippen LogP contribution in [0.1, 0.15) is 25.1 Å². The molecule has 1 saturated heterocycles. The minimum Gasteiger partial charge on any atom is -0.393 e. The highest BCUT2D eigenvalue weighted by Gasteiger charge is 2.52. The van der Waals surface area contributed by atoms with E-state index in [4.69, 9.17) is 14.3 Å². The maximum atomic E-state index is 12.2. The number of aromatic nitrogens is 2. The number of aliphatic hydroxyl groups excluding tert-OH is 1. The van der Waals surface area contributed by atoms with Crippen molar-refractivity contribution in [3.8, 4) is 0 Å². The molecule has 0 bridgehead atoms. The van der Waals surface area contributed by atoms with Gasteiger partial charge in [0.25, 0.3) is 11.3 Å². The van der Waals surface area contributed by atoms with Crippen LogP contribution in [0.15, 0.2) is 15.8 Å². The number of aryl methyl sites for hydroxylation is 1. The third kappa shape index (κ3) is 2.72. The fourth-order valence-electron chi connectivity index (χ4n) is 3.08. The summed E-state index contributed by atoms with van der Waals surface area (Å²) in [7, 11) is 0. The zero-order valence-corrected chi connectivity index (χ0v) is 13.3. The fourth-order valence-corrected chi connectivity index (χ4v) is 3.08. The van der Waals surface area contributed by atoms with E-state index >= 15 is 0 Å². The van der Waals surface area contributed by atoms with Crippen LogP contribution in [0.5, 0.6) is 0 Å². The molecule has 3 heterocycles. The van der Waals surface area contributed by atoms with Crippen molar-refractivity contribution in [2.24, 2.45) is 5.92 Å². The van der Waals surface area contributed by atoms with E-state index in [1.807, 2.05) is 0 Å². The lowest BCUT2D eigenvalue weighted by atomic mass is 9.95.